The summed E-state index contributed by atoms with van der Waals surface area (Å²) in [5.41, 5.74) is 1.55. The normalized spacial score (nSPS) is 17.5. The van der Waals surface area contributed by atoms with Gasteiger partial charge in [-0.25, -0.2) is 0 Å². The summed E-state index contributed by atoms with van der Waals surface area (Å²) in [7, 11) is -1.20. The molecule has 2 aromatic rings. The minimum Gasteiger partial charge on any atom is -0.0620 e. The van der Waals surface area contributed by atoms with Gasteiger partial charge in [0.2, 0.25) is 0 Å². The second-order valence-electron chi connectivity index (χ2n) is 5.03. The van der Waals surface area contributed by atoms with Crippen LogP contribution in [-0.2, 0) is 0 Å². The van der Waals surface area contributed by atoms with Crippen molar-refractivity contribution in [2.45, 2.75) is 6.92 Å². The van der Waals surface area contributed by atoms with Crippen LogP contribution in [0.5, 0.6) is 0 Å². The highest BCUT2D eigenvalue weighted by Crippen LogP contribution is 2.60. The van der Waals surface area contributed by atoms with E-state index in [9.17, 15) is 0 Å². The lowest BCUT2D eigenvalue weighted by atomic mass is 10.3. The monoisotopic (exact) mass is 253 g/mol. The van der Waals surface area contributed by atoms with Crippen LogP contribution < -0.4 is 10.6 Å². The standard InChI is InChI=1S/C17H18P/c1-15-12-13-18(14-15,16-8-4-2-5-9-16)17-10-6-3-7-11-17/h2-12H,13-14H2,1H3/q+1. The Kier molecular flexibility index (Phi) is 3.06. The van der Waals surface area contributed by atoms with Crippen molar-refractivity contribution in [1.29, 1.82) is 0 Å². The molecule has 0 radical (unpaired) electrons. The molecule has 1 heterocycles. The van der Waals surface area contributed by atoms with E-state index in [-0.39, 0.29) is 0 Å². The Hall–Kier alpha value is -1.39. The van der Waals surface area contributed by atoms with E-state index in [1.54, 1.807) is 16.2 Å². The summed E-state index contributed by atoms with van der Waals surface area (Å²) in [5, 5.41) is 3.09. The van der Waals surface area contributed by atoms with Crippen LogP contribution in [0.15, 0.2) is 72.3 Å². The molecule has 18 heavy (non-hydrogen) atoms. The lowest BCUT2D eigenvalue weighted by molar-refractivity contribution is 1.42. The zero-order valence-electron chi connectivity index (χ0n) is 10.7. The molecule has 0 saturated heterocycles. The van der Waals surface area contributed by atoms with E-state index in [0.29, 0.717) is 0 Å². The Bertz CT molecular complexity index is 515. The van der Waals surface area contributed by atoms with Crippen LogP contribution in [0, 0.1) is 0 Å². The summed E-state index contributed by atoms with van der Waals surface area (Å²) >= 11 is 0. The van der Waals surface area contributed by atoms with E-state index >= 15 is 0 Å². The molecular weight excluding hydrogens is 235 g/mol. The Morgan fingerprint density at radius 1 is 0.778 bits per heavy atom. The molecule has 3 rings (SSSR count). The summed E-state index contributed by atoms with van der Waals surface area (Å²) < 4.78 is 0. The molecule has 0 atom stereocenters. The third-order valence-electron chi connectivity index (χ3n) is 3.77. The van der Waals surface area contributed by atoms with Crippen molar-refractivity contribution in [3.8, 4) is 0 Å². The van der Waals surface area contributed by atoms with E-state index in [2.05, 4.69) is 73.7 Å². The van der Waals surface area contributed by atoms with Crippen LogP contribution in [-0.4, -0.2) is 12.3 Å². The van der Waals surface area contributed by atoms with Gasteiger partial charge in [0.1, 0.15) is 0 Å². The average Bonchev–Trinajstić information content (AvgIpc) is 2.84. The summed E-state index contributed by atoms with van der Waals surface area (Å²) in [4.78, 5) is 0. The van der Waals surface area contributed by atoms with E-state index in [1.165, 1.54) is 12.3 Å². The van der Waals surface area contributed by atoms with E-state index in [4.69, 9.17) is 0 Å². The highest BCUT2D eigenvalue weighted by Gasteiger charge is 2.44. The first-order valence-electron chi connectivity index (χ1n) is 6.45. The van der Waals surface area contributed by atoms with Crippen LogP contribution in [0.1, 0.15) is 6.92 Å². The number of hydrogen-bond acceptors (Lipinski definition) is 0. The molecule has 0 spiro atoms. The lowest BCUT2D eigenvalue weighted by Crippen LogP contribution is -2.24. The molecule has 0 fully saturated rings. The van der Waals surface area contributed by atoms with Crippen LogP contribution in [0.25, 0.3) is 0 Å². The van der Waals surface area contributed by atoms with Crippen molar-refractivity contribution in [2.24, 2.45) is 0 Å². The van der Waals surface area contributed by atoms with Crippen molar-refractivity contribution in [3.63, 3.8) is 0 Å². The third-order valence-corrected chi connectivity index (χ3v) is 8.19. The second-order valence-corrected chi connectivity index (χ2v) is 8.68. The van der Waals surface area contributed by atoms with Gasteiger partial charge in [0.05, 0.1) is 30.2 Å². The topological polar surface area (TPSA) is 0 Å². The Balaban J connectivity index is 2.12. The fourth-order valence-corrected chi connectivity index (χ4v) is 7.14. The zero-order chi connectivity index (χ0) is 12.4. The third kappa shape index (κ3) is 1.91. The largest absolute Gasteiger partial charge is 0.0998 e. The van der Waals surface area contributed by atoms with E-state index < -0.39 is 7.26 Å². The first-order chi connectivity index (χ1) is 8.81. The van der Waals surface area contributed by atoms with Gasteiger partial charge in [0.15, 0.2) is 0 Å². The molecule has 0 nitrogen and oxygen atoms in total. The van der Waals surface area contributed by atoms with E-state index in [0.717, 1.165) is 0 Å². The van der Waals surface area contributed by atoms with Crippen molar-refractivity contribution < 1.29 is 0 Å². The Labute approximate surface area is 110 Å². The maximum absolute atomic E-state index is 2.44. The summed E-state index contributed by atoms with van der Waals surface area (Å²) in [6, 6.07) is 22.2. The molecule has 1 heteroatoms. The van der Waals surface area contributed by atoms with Crippen LogP contribution in [0.4, 0.5) is 0 Å². The second kappa shape index (κ2) is 4.71. The maximum Gasteiger partial charge on any atom is 0.0998 e. The van der Waals surface area contributed by atoms with Gasteiger partial charge in [-0.2, -0.15) is 0 Å². The Morgan fingerprint density at radius 3 is 1.67 bits per heavy atom. The number of rotatable bonds is 2. The van der Waals surface area contributed by atoms with Gasteiger partial charge < -0.3 is 0 Å². The molecule has 2 aromatic carbocycles. The summed E-state index contributed by atoms with van der Waals surface area (Å²) in [5.74, 6) is 0. The molecule has 90 valence electrons. The van der Waals surface area contributed by atoms with Crippen LogP contribution in [0.3, 0.4) is 0 Å². The molecule has 1 aliphatic rings. The number of allylic oxidation sites excluding steroid dienone is 2. The van der Waals surface area contributed by atoms with Crippen LogP contribution in [0.2, 0.25) is 0 Å². The molecule has 0 amide bonds. The fraction of sp³-hybridized carbons (Fsp3) is 0.176. The SMILES string of the molecule is CC1=CC[P+](c2ccccc2)(c2ccccc2)C1. The summed E-state index contributed by atoms with van der Waals surface area (Å²) in [6.45, 7) is 2.27. The molecule has 0 aliphatic carbocycles. The van der Waals surface area contributed by atoms with Gasteiger partial charge in [-0.05, 0) is 42.8 Å². The van der Waals surface area contributed by atoms with Gasteiger partial charge in [-0.15, -0.1) is 0 Å². The fourth-order valence-electron chi connectivity index (χ4n) is 2.84. The van der Waals surface area contributed by atoms with Gasteiger partial charge in [0.25, 0.3) is 0 Å². The van der Waals surface area contributed by atoms with Gasteiger partial charge >= 0.3 is 0 Å². The van der Waals surface area contributed by atoms with Crippen LogP contribution >= 0.6 is 7.26 Å². The zero-order valence-corrected chi connectivity index (χ0v) is 11.6. The molecule has 1 aliphatic heterocycles. The smallest absolute Gasteiger partial charge is 0.0620 e. The van der Waals surface area contributed by atoms with Crippen molar-refractivity contribution in [2.75, 3.05) is 12.3 Å². The number of benzene rings is 2. The highest BCUT2D eigenvalue weighted by molar-refractivity contribution is 7.90. The predicted molar refractivity (Wildman–Crippen MR) is 82.6 cm³/mol. The van der Waals surface area contributed by atoms with Crippen molar-refractivity contribution in [3.05, 3.63) is 72.3 Å². The van der Waals surface area contributed by atoms with Crippen molar-refractivity contribution in [1.82, 2.24) is 0 Å². The first-order valence-corrected chi connectivity index (χ1v) is 8.61. The summed E-state index contributed by atoms with van der Waals surface area (Å²) in [6.07, 6.45) is 4.92. The van der Waals surface area contributed by atoms with Gasteiger partial charge in [0, 0.05) is 0 Å². The minimum absolute atomic E-state index is 1.20. The quantitative estimate of drug-likeness (QED) is 0.566. The molecule has 0 unspecified atom stereocenters. The average molecular weight is 253 g/mol. The lowest BCUT2D eigenvalue weighted by Gasteiger charge is -2.22. The number of hydrogen-bond donors (Lipinski definition) is 0. The molecule has 0 saturated carbocycles. The maximum atomic E-state index is 2.44. The molecular formula is C17H18P+. The molecule has 0 aromatic heterocycles. The van der Waals surface area contributed by atoms with E-state index in [1.807, 2.05) is 0 Å². The van der Waals surface area contributed by atoms with Gasteiger partial charge in [-0.3, -0.25) is 0 Å². The molecule has 0 N–H and O–H groups in total. The van der Waals surface area contributed by atoms with Crippen molar-refractivity contribution >= 4 is 17.9 Å². The molecule has 0 bridgehead atoms. The highest BCUT2D eigenvalue weighted by atomic mass is 31.2. The Morgan fingerprint density at radius 2 is 1.28 bits per heavy atom. The minimum atomic E-state index is -1.20. The first kappa shape index (κ1) is 11.7. The van der Waals surface area contributed by atoms with Gasteiger partial charge in [-0.1, -0.05) is 36.4 Å². The predicted octanol–water partition coefficient (Wildman–Crippen LogP) is 3.61.